The van der Waals surface area contributed by atoms with Crippen molar-refractivity contribution < 1.29 is 5.11 Å². The smallest absolute Gasteiger partial charge is 0.126 e. The van der Waals surface area contributed by atoms with Gasteiger partial charge in [-0.1, -0.05) is 6.07 Å². The molecule has 1 aromatic heterocycles. The van der Waals surface area contributed by atoms with E-state index in [1.807, 2.05) is 13.0 Å². The van der Waals surface area contributed by atoms with Crippen molar-refractivity contribution in [2.75, 3.05) is 5.32 Å². The van der Waals surface area contributed by atoms with E-state index in [1.54, 1.807) is 0 Å². The fourth-order valence-electron chi connectivity index (χ4n) is 2.32. The number of fused-ring (bicyclic) bond motifs is 1. The van der Waals surface area contributed by atoms with Crippen LogP contribution in [0.25, 0.3) is 0 Å². The highest BCUT2D eigenvalue weighted by molar-refractivity contribution is 5.41. The summed E-state index contributed by atoms with van der Waals surface area (Å²) in [6.45, 7) is 3.88. The molecule has 16 heavy (non-hydrogen) atoms. The van der Waals surface area contributed by atoms with Crippen LogP contribution >= 0.6 is 0 Å². The van der Waals surface area contributed by atoms with Gasteiger partial charge in [0.2, 0.25) is 0 Å². The summed E-state index contributed by atoms with van der Waals surface area (Å²) in [6, 6.07) is 4.47. The average molecular weight is 220 g/mol. The highest BCUT2D eigenvalue weighted by Gasteiger charge is 2.13. The molecule has 0 amide bonds. The standard InChI is InChI=1S/C13H20N2O/c1-9(8-10(2)16)14-13-7-6-11-4-3-5-12(11)15-13/h6-7,9-10,16H,3-5,8H2,1-2H3,(H,14,15). The zero-order valence-corrected chi connectivity index (χ0v) is 10.0. The van der Waals surface area contributed by atoms with Crippen molar-refractivity contribution in [2.45, 2.75) is 51.7 Å². The van der Waals surface area contributed by atoms with Gasteiger partial charge in [0, 0.05) is 11.7 Å². The van der Waals surface area contributed by atoms with Crippen LogP contribution in [-0.4, -0.2) is 22.2 Å². The average Bonchev–Trinajstić information content (AvgIpc) is 2.63. The van der Waals surface area contributed by atoms with Crippen LogP contribution in [0.3, 0.4) is 0 Å². The van der Waals surface area contributed by atoms with Crippen LogP contribution in [0.5, 0.6) is 0 Å². The summed E-state index contributed by atoms with van der Waals surface area (Å²) in [4.78, 5) is 4.61. The topological polar surface area (TPSA) is 45.1 Å². The maximum atomic E-state index is 9.30. The quantitative estimate of drug-likeness (QED) is 0.817. The number of aliphatic hydroxyl groups is 1. The van der Waals surface area contributed by atoms with Crippen molar-refractivity contribution >= 4 is 5.82 Å². The Morgan fingerprint density at radius 3 is 2.94 bits per heavy atom. The minimum atomic E-state index is -0.267. The van der Waals surface area contributed by atoms with Crippen LogP contribution in [0.4, 0.5) is 5.82 Å². The lowest BCUT2D eigenvalue weighted by Crippen LogP contribution is -2.21. The molecule has 88 valence electrons. The Kier molecular flexibility index (Phi) is 3.44. The van der Waals surface area contributed by atoms with Crippen LogP contribution < -0.4 is 5.32 Å². The molecule has 0 aromatic carbocycles. The predicted octanol–water partition coefficient (Wildman–Crippen LogP) is 2.14. The molecule has 0 fully saturated rings. The minimum absolute atomic E-state index is 0.256. The van der Waals surface area contributed by atoms with E-state index >= 15 is 0 Å². The number of hydrogen-bond acceptors (Lipinski definition) is 3. The molecular weight excluding hydrogens is 200 g/mol. The van der Waals surface area contributed by atoms with Crippen molar-refractivity contribution in [2.24, 2.45) is 0 Å². The SMILES string of the molecule is CC(O)CC(C)Nc1ccc2c(n1)CCC2. The van der Waals surface area contributed by atoms with Gasteiger partial charge in [0.05, 0.1) is 6.10 Å². The van der Waals surface area contributed by atoms with E-state index in [0.29, 0.717) is 0 Å². The Hall–Kier alpha value is -1.09. The molecule has 0 bridgehead atoms. The largest absolute Gasteiger partial charge is 0.393 e. The van der Waals surface area contributed by atoms with Crippen molar-refractivity contribution in [3.8, 4) is 0 Å². The van der Waals surface area contributed by atoms with E-state index in [2.05, 4.69) is 23.3 Å². The van der Waals surface area contributed by atoms with Gasteiger partial charge >= 0.3 is 0 Å². The maximum Gasteiger partial charge on any atom is 0.126 e. The van der Waals surface area contributed by atoms with E-state index in [0.717, 1.165) is 18.7 Å². The second-order valence-corrected chi connectivity index (χ2v) is 4.79. The van der Waals surface area contributed by atoms with Crippen LogP contribution in [-0.2, 0) is 12.8 Å². The van der Waals surface area contributed by atoms with E-state index in [1.165, 1.54) is 24.1 Å². The molecule has 0 spiro atoms. The van der Waals surface area contributed by atoms with E-state index < -0.39 is 0 Å². The first-order chi connectivity index (χ1) is 7.65. The number of hydrogen-bond donors (Lipinski definition) is 2. The van der Waals surface area contributed by atoms with Crippen LogP contribution in [0.15, 0.2) is 12.1 Å². The molecule has 2 atom stereocenters. The van der Waals surface area contributed by atoms with Crippen LogP contribution in [0, 0.1) is 0 Å². The minimum Gasteiger partial charge on any atom is -0.393 e. The lowest BCUT2D eigenvalue weighted by atomic mass is 10.1. The summed E-state index contributed by atoms with van der Waals surface area (Å²) in [5.74, 6) is 0.939. The Labute approximate surface area is 96.9 Å². The molecule has 1 heterocycles. The van der Waals surface area contributed by atoms with Gasteiger partial charge < -0.3 is 10.4 Å². The summed E-state index contributed by atoms with van der Waals surface area (Å²) in [5.41, 5.74) is 2.64. The van der Waals surface area contributed by atoms with Gasteiger partial charge in [0.1, 0.15) is 5.82 Å². The van der Waals surface area contributed by atoms with Crippen molar-refractivity contribution in [3.63, 3.8) is 0 Å². The highest BCUT2D eigenvalue weighted by atomic mass is 16.3. The van der Waals surface area contributed by atoms with Gasteiger partial charge in [-0.3, -0.25) is 0 Å². The summed E-state index contributed by atoms with van der Waals surface area (Å²) in [6.07, 6.45) is 3.99. The Morgan fingerprint density at radius 1 is 1.38 bits per heavy atom. The molecule has 1 aromatic rings. The summed E-state index contributed by atoms with van der Waals surface area (Å²) in [7, 11) is 0. The zero-order chi connectivity index (χ0) is 11.5. The second-order valence-electron chi connectivity index (χ2n) is 4.79. The number of aryl methyl sites for hydroxylation is 2. The number of aromatic nitrogens is 1. The first-order valence-corrected chi connectivity index (χ1v) is 6.08. The third-order valence-corrected chi connectivity index (χ3v) is 3.02. The molecular formula is C13H20N2O. The number of pyridine rings is 1. The molecule has 2 rings (SSSR count). The van der Waals surface area contributed by atoms with Gasteiger partial charge in [-0.25, -0.2) is 4.98 Å². The van der Waals surface area contributed by atoms with Gasteiger partial charge in [0.25, 0.3) is 0 Å². The Morgan fingerprint density at radius 2 is 2.19 bits per heavy atom. The fraction of sp³-hybridized carbons (Fsp3) is 0.615. The van der Waals surface area contributed by atoms with Gasteiger partial charge in [0.15, 0.2) is 0 Å². The maximum absolute atomic E-state index is 9.30. The third-order valence-electron chi connectivity index (χ3n) is 3.02. The molecule has 0 saturated heterocycles. The molecule has 1 aliphatic carbocycles. The first-order valence-electron chi connectivity index (χ1n) is 6.08. The zero-order valence-electron chi connectivity index (χ0n) is 10.0. The van der Waals surface area contributed by atoms with Crippen molar-refractivity contribution in [1.29, 1.82) is 0 Å². The molecule has 0 aliphatic heterocycles. The summed E-state index contributed by atoms with van der Waals surface area (Å²) >= 11 is 0. The molecule has 0 saturated carbocycles. The first kappa shape index (κ1) is 11.4. The normalized spacial score (nSPS) is 17.9. The van der Waals surface area contributed by atoms with E-state index in [9.17, 15) is 5.11 Å². The van der Waals surface area contributed by atoms with Crippen molar-refractivity contribution in [1.82, 2.24) is 4.98 Å². The predicted molar refractivity (Wildman–Crippen MR) is 65.6 cm³/mol. The number of aliphatic hydroxyl groups excluding tert-OH is 1. The Bertz CT molecular complexity index is 363. The molecule has 3 nitrogen and oxygen atoms in total. The summed E-state index contributed by atoms with van der Waals surface area (Å²) in [5, 5.41) is 12.6. The molecule has 2 N–H and O–H groups in total. The second kappa shape index (κ2) is 4.83. The van der Waals surface area contributed by atoms with Gasteiger partial charge in [-0.2, -0.15) is 0 Å². The fourth-order valence-corrected chi connectivity index (χ4v) is 2.32. The number of rotatable bonds is 4. The van der Waals surface area contributed by atoms with Crippen LogP contribution in [0.1, 0.15) is 37.9 Å². The lowest BCUT2D eigenvalue weighted by Gasteiger charge is -2.16. The number of nitrogens with one attached hydrogen (secondary N) is 1. The van der Waals surface area contributed by atoms with E-state index in [4.69, 9.17) is 0 Å². The molecule has 2 unspecified atom stereocenters. The van der Waals surface area contributed by atoms with Gasteiger partial charge in [-0.15, -0.1) is 0 Å². The van der Waals surface area contributed by atoms with Crippen molar-refractivity contribution in [3.05, 3.63) is 23.4 Å². The van der Waals surface area contributed by atoms with Gasteiger partial charge in [-0.05, 0) is 51.2 Å². The highest BCUT2D eigenvalue weighted by Crippen LogP contribution is 2.22. The molecule has 3 heteroatoms. The van der Waals surface area contributed by atoms with Crippen LogP contribution in [0.2, 0.25) is 0 Å². The van der Waals surface area contributed by atoms with E-state index in [-0.39, 0.29) is 12.1 Å². The monoisotopic (exact) mass is 220 g/mol. The molecule has 1 aliphatic rings. The third kappa shape index (κ3) is 2.73. The molecule has 0 radical (unpaired) electrons. The summed E-state index contributed by atoms with van der Waals surface area (Å²) < 4.78 is 0. The number of nitrogens with zero attached hydrogens (tertiary/aromatic N) is 1. The lowest BCUT2D eigenvalue weighted by molar-refractivity contribution is 0.179. The number of anilines is 1. The Balaban J connectivity index is 1.99.